The van der Waals surface area contributed by atoms with E-state index in [1.165, 1.54) is 151 Å². The number of benzene rings is 6. The molecule has 0 unspecified atom stereocenters. The lowest BCUT2D eigenvalue weighted by Gasteiger charge is -2.22. The van der Waals surface area contributed by atoms with Crippen LogP contribution in [0.25, 0.3) is 0 Å². The Morgan fingerprint density at radius 2 is 0.650 bits per heavy atom. The Morgan fingerprint density at radius 1 is 0.362 bits per heavy atom. The molecule has 4 aliphatic rings. The quantitative estimate of drug-likeness (QED) is 0.0499. The summed E-state index contributed by atoms with van der Waals surface area (Å²) >= 11 is 0. The van der Waals surface area contributed by atoms with Crippen molar-refractivity contribution in [2.75, 3.05) is 0 Å². The Hall–Kier alpha value is -7.79. The van der Waals surface area contributed by atoms with E-state index in [9.17, 15) is 0 Å². The normalized spacial score (nSPS) is 17.1. The van der Waals surface area contributed by atoms with Crippen molar-refractivity contribution in [2.45, 2.75) is 165 Å². The van der Waals surface area contributed by atoms with Gasteiger partial charge in [-0.05, 0) is 194 Å². The van der Waals surface area contributed by atoms with Crippen LogP contribution in [0.4, 0.5) is 0 Å². The zero-order valence-electron chi connectivity index (χ0n) is 46.4. The Morgan fingerprint density at radius 3 is 1.00 bits per heavy atom. The molecule has 4 fully saturated rings. The zero-order chi connectivity index (χ0) is 54.3. The second kappa shape index (κ2) is 26.9. The van der Waals surface area contributed by atoms with E-state index in [0.29, 0.717) is 70.5 Å². The Balaban J connectivity index is 0.737. The van der Waals surface area contributed by atoms with Crippen molar-refractivity contribution in [3.8, 4) is 52.5 Å². The van der Waals surface area contributed by atoms with E-state index in [0.717, 1.165) is 11.1 Å². The summed E-state index contributed by atoms with van der Waals surface area (Å²) in [7, 11) is 0. The van der Waals surface area contributed by atoms with Crippen LogP contribution in [0.15, 0.2) is 168 Å². The first kappa shape index (κ1) is 54.2. The maximum atomic E-state index is 6.30. The van der Waals surface area contributed by atoms with E-state index >= 15 is 0 Å². The topological polar surface area (TPSA) is 119 Å². The van der Waals surface area contributed by atoms with Gasteiger partial charge in [0.15, 0.2) is 5.90 Å². The number of hydrogen-bond donors (Lipinski definition) is 0. The first-order valence-corrected chi connectivity index (χ1v) is 29.6. The van der Waals surface area contributed by atoms with Crippen molar-refractivity contribution in [1.29, 1.82) is 0 Å². The van der Waals surface area contributed by atoms with E-state index in [4.69, 9.17) is 28.4 Å². The molecule has 4 aliphatic carbocycles. The summed E-state index contributed by atoms with van der Waals surface area (Å²) in [4.78, 5) is 23.0. The van der Waals surface area contributed by atoms with Crippen LogP contribution < -0.4 is 28.4 Å². The van der Waals surface area contributed by atoms with Crippen LogP contribution in [0.1, 0.15) is 192 Å². The van der Waals surface area contributed by atoms with Gasteiger partial charge >= 0.3 is 24.1 Å². The number of aliphatic imine (C=N–C) groups is 2. The van der Waals surface area contributed by atoms with Crippen molar-refractivity contribution in [3.63, 3.8) is 0 Å². The fraction of sp³-hybridized carbons (Fsp3) is 0.377. The molecule has 0 saturated heterocycles. The van der Waals surface area contributed by atoms with Gasteiger partial charge in [-0.15, -0.1) is 15.0 Å². The van der Waals surface area contributed by atoms with Crippen molar-refractivity contribution < 1.29 is 28.4 Å². The lowest BCUT2D eigenvalue weighted by Crippen LogP contribution is -2.13. The molecule has 0 bridgehead atoms. The lowest BCUT2D eigenvalue weighted by molar-refractivity contribution is 0.362. The highest BCUT2D eigenvalue weighted by Gasteiger charge is 2.21. The summed E-state index contributed by atoms with van der Waals surface area (Å²) in [6.07, 6.45) is 26.1. The fourth-order valence-electron chi connectivity index (χ4n) is 12.1. The third-order valence-electron chi connectivity index (χ3n) is 16.5. The number of ether oxygens (including phenoxy) is 6. The number of rotatable bonds is 17. The molecule has 0 N–H and O–H groups in total. The largest absolute Gasteiger partial charge is 0.443 e. The third-order valence-corrected chi connectivity index (χ3v) is 16.5. The molecule has 0 amide bonds. The van der Waals surface area contributed by atoms with Crippen molar-refractivity contribution in [1.82, 2.24) is 15.0 Å². The van der Waals surface area contributed by atoms with Crippen LogP contribution in [0.2, 0.25) is 0 Å². The van der Waals surface area contributed by atoms with Gasteiger partial charge in [0.05, 0.1) is 0 Å². The van der Waals surface area contributed by atoms with Crippen LogP contribution in [0, 0.1) is 0 Å². The molecule has 11 heteroatoms. The second-order valence-corrected chi connectivity index (χ2v) is 22.3. The van der Waals surface area contributed by atoms with Gasteiger partial charge in [-0.1, -0.05) is 150 Å². The highest BCUT2D eigenvalue weighted by molar-refractivity contribution is 5.91. The average molecular weight is 1070 g/mol. The van der Waals surface area contributed by atoms with Crippen molar-refractivity contribution >= 4 is 11.9 Å². The van der Waals surface area contributed by atoms with Crippen LogP contribution in [-0.4, -0.2) is 26.9 Å². The van der Waals surface area contributed by atoms with Gasteiger partial charge in [0, 0.05) is 6.92 Å². The van der Waals surface area contributed by atoms with Crippen LogP contribution in [0.3, 0.4) is 0 Å². The molecule has 1 aromatic heterocycles. The lowest BCUT2D eigenvalue weighted by atomic mass is 9.84. The van der Waals surface area contributed by atoms with Gasteiger partial charge in [0.1, 0.15) is 34.5 Å². The summed E-state index contributed by atoms with van der Waals surface area (Å²) < 4.78 is 37.4. The summed E-state index contributed by atoms with van der Waals surface area (Å²) in [5.41, 5.74) is 7.56. The van der Waals surface area contributed by atoms with Gasteiger partial charge in [-0.25, -0.2) is 0 Å². The Labute approximate surface area is 472 Å². The molecule has 0 atom stereocenters. The van der Waals surface area contributed by atoms with Gasteiger partial charge in [-0.3, -0.25) is 0 Å². The van der Waals surface area contributed by atoms with Crippen LogP contribution >= 0.6 is 0 Å². The summed E-state index contributed by atoms with van der Waals surface area (Å²) in [5.74, 6) is 6.62. The van der Waals surface area contributed by atoms with Crippen LogP contribution in [0.5, 0.6) is 52.5 Å². The van der Waals surface area contributed by atoms with Crippen molar-refractivity contribution in [3.05, 3.63) is 191 Å². The number of amidine groups is 1. The minimum absolute atomic E-state index is 0.0592. The molecule has 11 nitrogen and oxygen atoms in total. The minimum atomic E-state index is 0.0592. The predicted octanol–water partition coefficient (Wildman–Crippen LogP) is 18.8. The second-order valence-electron chi connectivity index (χ2n) is 22.3. The van der Waals surface area contributed by atoms with Gasteiger partial charge < -0.3 is 28.4 Å². The predicted molar refractivity (Wildman–Crippen MR) is 316 cm³/mol. The minimum Gasteiger partial charge on any atom is -0.443 e. The number of hydrogen-bond acceptors (Lipinski definition) is 10. The van der Waals surface area contributed by atoms with E-state index in [-0.39, 0.29) is 29.9 Å². The standard InChI is InChI=1S/C69H75N5O6/c1-48(70-66(77-63-41-29-57(30-42-63)53-17-9-4-10-18-53)71-49(2)76-61-39-27-56(28-40-61)52-15-7-3-8-16-52)75-60-35-23-50(24-36-60)47-51-25-37-62(38-26-51)78-67-72-68(79-64-43-31-58(32-44-64)54-19-11-5-12-20-54)74-69(73-67)80-65-45-33-59(34-46-65)55-21-13-6-14-22-55/h23-46,52-55H,1,3-22,47H2,2H3/b70-66+,71-49+. The molecule has 80 heavy (non-hydrogen) atoms. The van der Waals surface area contributed by atoms with Crippen LogP contribution in [-0.2, 0) is 6.42 Å². The van der Waals surface area contributed by atoms with Crippen molar-refractivity contribution in [2.24, 2.45) is 9.98 Å². The molecular formula is C69H75N5O6. The van der Waals surface area contributed by atoms with Gasteiger partial charge in [0.2, 0.25) is 5.88 Å². The van der Waals surface area contributed by atoms with E-state index in [2.05, 4.69) is 80.0 Å². The highest BCUT2D eigenvalue weighted by atomic mass is 16.5. The van der Waals surface area contributed by atoms with Gasteiger partial charge in [0.25, 0.3) is 0 Å². The summed E-state index contributed by atoms with van der Waals surface area (Å²) in [6.45, 7) is 5.92. The molecule has 1 heterocycles. The maximum Gasteiger partial charge on any atom is 0.331 e. The fourth-order valence-corrected chi connectivity index (χ4v) is 12.1. The zero-order valence-corrected chi connectivity index (χ0v) is 46.4. The smallest absolute Gasteiger partial charge is 0.331 e. The summed E-state index contributed by atoms with van der Waals surface area (Å²) in [5, 5.41) is 0. The number of nitrogens with zero attached hydrogens (tertiary/aromatic N) is 5. The monoisotopic (exact) mass is 1070 g/mol. The molecule has 412 valence electrons. The molecule has 11 rings (SSSR count). The van der Waals surface area contributed by atoms with E-state index in [1.807, 2.05) is 97.1 Å². The third kappa shape index (κ3) is 15.3. The summed E-state index contributed by atoms with van der Waals surface area (Å²) in [6, 6.07) is 49.2. The number of aromatic nitrogens is 3. The Kier molecular flexibility index (Phi) is 18.2. The van der Waals surface area contributed by atoms with E-state index < -0.39 is 0 Å². The molecule has 4 saturated carbocycles. The first-order valence-electron chi connectivity index (χ1n) is 29.6. The molecule has 6 aromatic carbocycles. The highest BCUT2D eigenvalue weighted by Crippen LogP contribution is 2.38. The molecule has 7 aromatic rings. The first-order chi connectivity index (χ1) is 39.3. The molecule has 0 spiro atoms. The van der Waals surface area contributed by atoms with E-state index in [1.54, 1.807) is 6.92 Å². The van der Waals surface area contributed by atoms with Gasteiger partial charge in [-0.2, -0.15) is 9.98 Å². The SMILES string of the molecule is C=C(/N=C(\N=C(/C)Oc1ccc(C2CCCCC2)cc1)Oc1ccc(C2CCCCC2)cc1)Oc1ccc(Cc2ccc(Oc3nc(Oc4ccc(C5CCCCC5)cc4)nc(Oc4ccc(C5CCCCC5)cc4)n3)cc2)cc1. The molecular weight excluding hydrogens is 995 g/mol. The maximum absolute atomic E-state index is 6.30. The Bertz CT molecular complexity index is 3070. The average Bonchev–Trinajstić information content (AvgIpc) is 3.50. The molecule has 0 radical (unpaired) electrons. The molecule has 0 aliphatic heterocycles.